The monoisotopic (exact) mass is 373 g/mol. The van der Waals surface area contributed by atoms with Crippen LogP contribution >= 0.6 is 0 Å². The van der Waals surface area contributed by atoms with Crippen molar-refractivity contribution in [3.05, 3.63) is 24.3 Å². The van der Waals surface area contributed by atoms with Crippen molar-refractivity contribution in [3.63, 3.8) is 0 Å². The SMILES string of the molecule is CC(=O)Nc1ccc(N(C)C(=O)C2CCCCN2C(=O)C2CCCO2)cc1. The Hall–Kier alpha value is -2.41. The van der Waals surface area contributed by atoms with Gasteiger partial charge in [-0.05, 0) is 56.4 Å². The van der Waals surface area contributed by atoms with E-state index in [9.17, 15) is 14.4 Å². The zero-order valence-corrected chi connectivity index (χ0v) is 15.9. The van der Waals surface area contributed by atoms with Gasteiger partial charge in [-0.25, -0.2) is 0 Å². The zero-order valence-electron chi connectivity index (χ0n) is 15.9. The molecule has 0 saturated carbocycles. The van der Waals surface area contributed by atoms with Crippen LogP contribution < -0.4 is 10.2 Å². The first-order valence-corrected chi connectivity index (χ1v) is 9.54. The number of hydrogen-bond donors (Lipinski definition) is 1. The number of nitrogens with one attached hydrogen (secondary N) is 1. The number of ether oxygens (including phenoxy) is 1. The van der Waals surface area contributed by atoms with Crippen LogP contribution in [-0.4, -0.2) is 55.0 Å². The summed E-state index contributed by atoms with van der Waals surface area (Å²) in [6, 6.07) is 6.65. The van der Waals surface area contributed by atoms with Gasteiger partial charge in [-0.2, -0.15) is 0 Å². The maximum atomic E-state index is 13.1. The van der Waals surface area contributed by atoms with E-state index in [1.165, 1.54) is 6.92 Å². The minimum Gasteiger partial charge on any atom is -0.368 e. The Morgan fingerprint density at radius 1 is 1.11 bits per heavy atom. The maximum absolute atomic E-state index is 13.1. The second kappa shape index (κ2) is 8.52. The van der Waals surface area contributed by atoms with Gasteiger partial charge in [0.05, 0.1) is 0 Å². The van der Waals surface area contributed by atoms with E-state index < -0.39 is 12.1 Å². The third-order valence-electron chi connectivity index (χ3n) is 5.18. The van der Waals surface area contributed by atoms with Crippen LogP contribution in [0.3, 0.4) is 0 Å². The molecule has 27 heavy (non-hydrogen) atoms. The molecule has 146 valence electrons. The van der Waals surface area contributed by atoms with E-state index in [2.05, 4.69) is 5.32 Å². The minimum atomic E-state index is -0.449. The third kappa shape index (κ3) is 4.47. The van der Waals surface area contributed by atoms with E-state index in [0.717, 1.165) is 31.4 Å². The molecular weight excluding hydrogens is 346 g/mol. The van der Waals surface area contributed by atoms with Crippen molar-refractivity contribution in [2.45, 2.75) is 51.2 Å². The number of hydrogen-bond acceptors (Lipinski definition) is 4. The number of rotatable bonds is 4. The molecule has 2 saturated heterocycles. The lowest BCUT2D eigenvalue weighted by Crippen LogP contribution is -2.54. The molecule has 2 unspecified atom stereocenters. The highest BCUT2D eigenvalue weighted by molar-refractivity contribution is 5.99. The second-order valence-electron chi connectivity index (χ2n) is 7.17. The van der Waals surface area contributed by atoms with Gasteiger partial charge in [0.1, 0.15) is 12.1 Å². The first kappa shape index (κ1) is 19.4. The van der Waals surface area contributed by atoms with E-state index in [1.807, 2.05) is 0 Å². The molecule has 0 aliphatic carbocycles. The number of likely N-dealkylation sites (N-methyl/N-ethyl adjacent to an activating group) is 1. The molecule has 7 nitrogen and oxygen atoms in total. The number of carbonyl (C=O) groups excluding carboxylic acids is 3. The standard InChI is InChI=1S/C20H27N3O4/c1-14(24)21-15-8-10-16(11-9-15)22(2)19(25)17-6-3-4-12-23(17)20(26)18-7-5-13-27-18/h8-11,17-18H,3-7,12-13H2,1-2H3,(H,21,24). The fraction of sp³-hybridized carbons (Fsp3) is 0.550. The van der Waals surface area contributed by atoms with Crippen molar-refractivity contribution < 1.29 is 19.1 Å². The summed E-state index contributed by atoms with van der Waals surface area (Å²) in [4.78, 5) is 40.4. The van der Waals surface area contributed by atoms with Crippen LogP contribution in [0.15, 0.2) is 24.3 Å². The zero-order chi connectivity index (χ0) is 19.4. The first-order chi connectivity index (χ1) is 13.0. The van der Waals surface area contributed by atoms with Gasteiger partial charge in [0.2, 0.25) is 11.8 Å². The first-order valence-electron chi connectivity index (χ1n) is 9.54. The maximum Gasteiger partial charge on any atom is 0.252 e. The Bertz CT molecular complexity index is 698. The molecule has 3 rings (SSSR count). The Morgan fingerprint density at radius 2 is 1.85 bits per heavy atom. The van der Waals surface area contributed by atoms with Gasteiger partial charge in [0.25, 0.3) is 5.91 Å². The van der Waals surface area contributed by atoms with Gasteiger partial charge in [-0.15, -0.1) is 0 Å². The minimum absolute atomic E-state index is 0.0556. The number of benzene rings is 1. The number of carbonyl (C=O) groups is 3. The average molecular weight is 373 g/mol. The van der Waals surface area contributed by atoms with E-state index in [0.29, 0.717) is 25.3 Å². The summed E-state index contributed by atoms with van der Waals surface area (Å²) < 4.78 is 5.54. The van der Waals surface area contributed by atoms with Gasteiger partial charge in [0.15, 0.2) is 0 Å². The molecule has 7 heteroatoms. The van der Waals surface area contributed by atoms with Gasteiger partial charge in [-0.1, -0.05) is 0 Å². The Labute approximate surface area is 159 Å². The van der Waals surface area contributed by atoms with Crippen molar-refractivity contribution in [3.8, 4) is 0 Å². The van der Waals surface area contributed by atoms with Gasteiger partial charge in [-0.3, -0.25) is 14.4 Å². The van der Waals surface area contributed by atoms with Crippen LogP contribution in [-0.2, 0) is 19.1 Å². The molecule has 0 bridgehead atoms. The summed E-state index contributed by atoms with van der Waals surface area (Å²) in [6.45, 7) is 2.67. The fourth-order valence-corrected chi connectivity index (χ4v) is 3.73. The van der Waals surface area contributed by atoms with E-state index in [4.69, 9.17) is 4.74 Å². The molecule has 0 aromatic heterocycles. The molecule has 1 aromatic rings. The van der Waals surface area contributed by atoms with Crippen LogP contribution in [0.1, 0.15) is 39.0 Å². The predicted octanol–water partition coefficient (Wildman–Crippen LogP) is 2.17. The number of amides is 3. The number of nitrogens with zero attached hydrogens (tertiary/aromatic N) is 2. The van der Waals surface area contributed by atoms with Crippen LogP contribution in [0, 0.1) is 0 Å². The topological polar surface area (TPSA) is 79.0 Å². The smallest absolute Gasteiger partial charge is 0.252 e. The van der Waals surface area contributed by atoms with E-state index >= 15 is 0 Å². The molecule has 2 fully saturated rings. The third-order valence-corrected chi connectivity index (χ3v) is 5.18. The average Bonchev–Trinajstić information content (AvgIpc) is 3.21. The quantitative estimate of drug-likeness (QED) is 0.877. The number of piperidine rings is 1. The normalized spacial score (nSPS) is 22.4. The van der Waals surface area contributed by atoms with Crippen LogP contribution in [0.25, 0.3) is 0 Å². The van der Waals surface area contributed by atoms with Crippen molar-refractivity contribution in [1.29, 1.82) is 0 Å². The fourth-order valence-electron chi connectivity index (χ4n) is 3.73. The number of anilines is 2. The van der Waals surface area contributed by atoms with Crippen LogP contribution in [0.2, 0.25) is 0 Å². The highest BCUT2D eigenvalue weighted by Gasteiger charge is 2.38. The summed E-state index contributed by atoms with van der Waals surface area (Å²) in [5.41, 5.74) is 1.41. The molecule has 1 N–H and O–H groups in total. The van der Waals surface area contributed by atoms with E-state index in [1.54, 1.807) is 41.1 Å². The van der Waals surface area contributed by atoms with Crippen molar-refractivity contribution in [2.24, 2.45) is 0 Å². The number of likely N-dealkylation sites (tertiary alicyclic amines) is 1. The van der Waals surface area contributed by atoms with Crippen LogP contribution in [0.5, 0.6) is 0 Å². The summed E-state index contributed by atoms with van der Waals surface area (Å²) in [5, 5.41) is 2.71. The van der Waals surface area contributed by atoms with E-state index in [-0.39, 0.29) is 17.7 Å². The van der Waals surface area contributed by atoms with Crippen LogP contribution in [0.4, 0.5) is 11.4 Å². The molecular formula is C20H27N3O4. The lowest BCUT2D eigenvalue weighted by Gasteiger charge is -2.37. The Balaban J connectivity index is 1.71. The molecule has 3 amide bonds. The van der Waals surface area contributed by atoms with Crippen molar-refractivity contribution in [2.75, 3.05) is 30.4 Å². The Kier molecular flexibility index (Phi) is 6.11. The highest BCUT2D eigenvalue weighted by atomic mass is 16.5. The molecule has 0 spiro atoms. The molecule has 2 heterocycles. The summed E-state index contributed by atoms with van der Waals surface area (Å²) >= 11 is 0. The van der Waals surface area contributed by atoms with Gasteiger partial charge < -0.3 is 19.9 Å². The largest absolute Gasteiger partial charge is 0.368 e. The van der Waals surface area contributed by atoms with Crippen molar-refractivity contribution >= 4 is 29.1 Å². The summed E-state index contributed by atoms with van der Waals surface area (Å²) in [6.07, 6.45) is 3.74. The lowest BCUT2D eigenvalue weighted by molar-refractivity contribution is -0.148. The molecule has 2 aliphatic heterocycles. The second-order valence-corrected chi connectivity index (χ2v) is 7.17. The molecule has 2 aliphatic rings. The van der Waals surface area contributed by atoms with Gasteiger partial charge >= 0.3 is 0 Å². The molecule has 0 radical (unpaired) electrons. The summed E-state index contributed by atoms with van der Waals surface area (Å²) in [5.74, 6) is -0.286. The predicted molar refractivity (Wildman–Crippen MR) is 102 cm³/mol. The van der Waals surface area contributed by atoms with Gasteiger partial charge in [0, 0.05) is 38.5 Å². The highest BCUT2D eigenvalue weighted by Crippen LogP contribution is 2.25. The molecule has 1 aromatic carbocycles. The molecule has 2 atom stereocenters. The van der Waals surface area contributed by atoms with Crippen molar-refractivity contribution in [1.82, 2.24) is 4.90 Å². The Morgan fingerprint density at radius 3 is 2.48 bits per heavy atom. The lowest BCUT2D eigenvalue weighted by atomic mass is 9.99. The summed E-state index contributed by atoms with van der Waals surface area (Å²) in [7, 11) is 1.72.